The van der Waals surface area contributed by atoms with Gasteiger partial charge in [0.05, 0.1) is 0 Å². The largest absolute Gasteiger partial charge is 0.355 e. The predicted molar refractivity (Wildman–Crippen MR) is 85.2 cm³/mol. The molecule has 0 spiro atoms. The number of carbonyl (C=O) groups is 2. The Morgan fingerprint density at radius 2 is 1.42 bits per heavy atom. The van der Waals surface area contributed by atoms with E-state index in [0.717, 1.165) is 6.42 Å². The lowest BCUT2D eigenvalue weighted by molar-refractivity contribution is -0.124. The van der Waals surface area contributed by atoms with Crippen molar-refractivity contribution in [1.82, 2.24) is 5.32 Å². The molecule has 0 aromatic carbocycles. The van der Waals surface area contributed by atoms with Gasteiger partial charge in [0.25, 0.3) is 0 Å². The number of hydrogen-bond acceptors (Lipinski definition) is 3. The molecule has 1 atom stereocenters. The molecule has 0 bridgehead atoms. The molecular weight excluding hydrogens is 240 g/mol. The number of nitrogens with one attached hydrogen (secondary N) is 1. The summed E-state index contributed by atoms with van der Waals surface area (Å²) >= 11 is 0. The van der Waals surface area contributed by atoms with Gasteiger partial charge in [-0.25, -0.2) is 0 Å². The molecule has 0 saturated heterocycles. The Hall–Kier alpha value is -0.900. The SMILES string of the molecule is CC.CC.CC.CCC(N)CNC(=O)CCC(C)=O. The van der Waals surface area contributed by atoms with Crippen molar-refractivity contribution in [2.75, 3.05) is 6.54 Å². The quantitative estimate of drug-likeness (QED) is 0.782. The number of carbonyl (C=O) groups excluding carboxylic acids is 2. The zero-order chi connectivity index (χ0) is 16.3. The number of nitrogens with two attached hydrogens (primary N) is 1. The smallest absolute Gasteiger partial charge is 0.220 e. The number of amides is 1. The summed E-state index contributed by atoms with van der Waals surface area (Å²) in [5.41, 5.74) is 5.60. The van der Waals surface area contributed by atoms with Gasteiger partial charge < -0.3 is 15.8 Å². The minimum atomic E-state index is -0.0981. The van der Waals surface area contributed by atoms with E-state index in [0.29, 0.717) is 13.0 Å². The van der Waals surface area contributed by atoms with Crippen LogP contribution in [0, 0.1) is 0 Å². The highest BCUT2D eigenvalue weighted by Gasteiger charge is 2.04. The Labute approximate surface area is 120 Å². The fraction of sp³-hybridized carbons (Fsp3) is 0.867. The fourth-order valence-corrected chi connectivity index (χ4v) is 0.767. The summed E-state index contributed by atoms with van der Waals surface area (Å²) in [7, 11) is 0. The molecular formula is C15H36N2O2. The molecule has 0 aromatic heterocycles. The van der Waals surface area contributed by atoms with Crippen LogP contribution in [-0.4, -0.2) is 24.3 Å². The Kier molecular flexibility index (Phi) is 36.2. The molecule has 0 saturated carbocycles. The molecule has 1 unspecified atom stereocenters. The Balaban J connectivity index is -0.000000163. The average Bonchev–Trinajstić information content (AvgIpc) is 2.48. The summed E-state index contributed by atoms with van der Waals surface area (Å²) < 4.78 is 0. The van der Waals surface area contributed by atoms with E-state index in [9.17, 15) is 9.59 Å². The van der Waals surface area contributed by atoms with E-state index < -0.39 is 0 Å². The van der Waals surface area contributed by atoms with Gasteiger partial charge in [0.15, 0.2) is 0 Å². The molecule has 0 aromatic rings. The first-order chi connectivity index (χ1) is 9.06. The van der Waals surface area contributed by atoms with E-state index in [1.165, 1.54) is 6.92 Å². The monoisotopic (exact) mass is 276 g/mol. The zero-order valence-corrected chi connectivity index (χ0v) is 14.3. The zero-order valence-electron chi connectivity index (χ0n) is 14.3. The van der Waals surface area contributed by atoms with Crippen LogP contribution in [0.25, 0.3) is 0 Å². The topological polar surface area (TPSA) is 72.2 Å². The highest BCUT2D eigenvalue weighted by molar-refractivity contribution is 5.83. The van der Waals surface area contributed by atoms with Gasteiger partial charge in [0, 0.05) is 25.4 Å². The molecule has 118 valence electrons. The molecule has 4 heteroatoms. The molecule has 19 heavy (non-hydrogen) atoms. The lowest BCUT2D eigenvalue weighted by atomic mass is 10.2. The van der Waals surface area contributed by atoms with Crippen LogP contribution in [0.1, 0.15) is 74.7 Å². The maximum atomic E-state index is 11.0. The van der Waals surface area contributed by atoms with E-state index in [1.54, 1.807) is 0 Å². The summed E-state index contributed by atoms with van der Waals surface area (Å²) in [6.07, 6.45) is 1.42. The van der Waals surface area contributed by atoms with Gasteiger partial charge in [-0.3, -0.25) is 4.79 Å². The summed E-state index contributed by atoms with van der Waals surface area (Å²) in [6.45, 7) is 15.9. The molecule has 0 heterocycles. The third-order valence-electron chi connectivity index (χ3n) is 1.79. The molecule has 0 fully saturated rings. The minimum absolute atomic E-state index is 0.0151. The summed E-state index contributed by atoms with van der Waals surface area (Å²) in [4.78, 5) is 21.6. The average molecular weight is 276 g/mol. The van der Waals surface area contributed by atoms with Crippen molar-refractivity contribution in [2.24, 2.45) is 5.73 Å². The summed E-state index contributed by atoms with van der Waals surface area (Å²) in [6, 6.07) is 0.0151. The lowest BCUT2D eigenvalue weighted by Gasteiger charge is -2.09. The highest BCUT2D eigenvalue weighted by Crippen LogP contribution is 1.90. The van der Waals surface area contributed by atoms with Gasteiger partial charge >= 0.3 is 0 Å². The van der Waals surface area contributed by atoms with Crippen LogP contribution >= 0.6 is 0 Å². The highest BCUT2D eigenvalue weighted by atomic mass is 16.2. The van der Waals surface area contributed by atoms with Gasteiger partial charge in [0.2, 0.25) is 5.91 Å². The summed E-state index contributed by atoms with van der Waals surface area (Å²) in [5, 5.41) is 2.67. The molecule has 0 aliphatic carbocycles. The second-order valence-corrected chi connectivity index (χ2v) is 3.17. The van der Waals surface area contributed by atoms with Crippen LogP contribution in [-0.2, 0) is 9.59 Å². The first-order valence-electron chi connectivity index (χ1n) is 7.58. The van der Waals surface area contributed by atoms with Crippen LogP contribution in [0.4, 0.5) is 0 Å². The number of Topliss-reactive ketones (excluding diaryl/α,β-unsaturated/α-hetero) is 1. The van der Waals surface area contributed by atoms with Gasteiger partial charge in [-0.05, 0) is 13.3 Å². The van der Waals surface area contributed by atoms with Crippen molar-refractivity contribution < 1.29 is 9.59 Å². The van der Waals surface area contributed by atoms with Gasteiger partial charge in [-0.2, -0.15) is 0 Å². The van der Waals surface area contributed by atoms with Crippen LogP contribution in [0.5, 0.6) is 0 Å². The van der Waals surface area contributed by atoms with E-state index in [1.807, 2.05) is 48.5 Å². The van der Waals surface area contributed by atoms with Gasteiger partial charge in [0.1, 0.15) is 5.78 Å². The number of ketones is 1. The van der Waals surface area contributed by atoms with Crippen molar-refractivity contribution in [3.8, 4) is 0 Å². The fourth-order valence-electron chi connectivity index (χ4n) is 0.767. The molecule has 0 aliphatic rings. The van der Waals surface area contributed by atoms with E-state index >= 15 is 0 Å². The van der Waals surface area contributed by atoms with Gasteiger partial charge in [-0.1, -0.05) is 48.5 Å². The minimum Gasteiger partial charge on any atom is -0.355 e. The second-order valence-electron chi connectivity index (χ2n) is 3.17. The van der Waals surface area contributed by atoms with Crippen molar-refractivity contribution in [1.29, 1.82) is 0 Å². The first-order valence-corrected chi connectivity index (χ1v) is 7.58. The second kappa shape index (κ2) is 25.8. The third-order valence-corrected chi connectivity index (χ3v) is 1.79. The van der Waals surface area contributed by atoms with Gasteiger partial charge in [-0.15, -0.1) is 0 Å². The Morgan fingerprint density at radius 3 is 1.74 bits per heavy atom. The standard InChI is InChI=1S/C9H18N2O2.3C2H6/c1-3-8(10)6-11-9(13)5-4-7(2)12;3*1-2/h8H,3-6,10H2,1-2H3,(H,11,13);3*1-2H3. The molecule has 0 rings (SSSR count). The molecule has 0 aliphatic heterocycles. The van der Waals surface area contributed by atoms with Crippen LogP contribution in [0.15, 0.2) is 0 Å². The van der Waals surface area contributed by atoms with Crippen molar-refractivity contribution >= 4 is 11.7 Å². The Bertz CT molecular complexity index is 183. The maximum Gasteiger partial charge on any atom is 0.220 e. The van der Waals surface area contributed by atoms with E-state index in [-0.39, 0.29) is 24.2 Å². The molecule has 1 amide bonds. The van der Waals surface area contributed by atoms with Crippen LogP contribution < -0.4 is 11.1 Å². The Morgan fingerprint density at radius 1 is 1.00 bits per heavy atom. The third kappa shape index (κ3) is 31.6. The lowest BCUT2D eigenvalue weighted by Crippen LogP contribution is -2.36. The van der Waals surface area contributed by atoms with Crippen LogP contribution in [0.2, 0.25) is 0 Å². The van der Waals surface area contributed by atoms with Crippen molar-refractivity contribution in [3.05, 3.63) is 0 Å². The van der Waals surface area contributed by atoms with E-state index in [4.69, 9.17) is 5.73 Å². The van der Waals surface area contributed by atoms with Crippen LogP contribution in [0.3, 0.4) is 0 Å². The van der Waals surface area contributed by atoms with E-state index in [2.05, 4.69) is 5.32 Å². The predicted octanol–water partition coefficient (Wildman–Crippen LogP) is 3.29. The van der Waals surface area contributed by atoms with Crippen molar-refractivity contribution in [2.45, 2.75) is 80.7 Å². The maximum absolute atomic E-state index is 11.0. The number of rotatable bonds is 6. The normalized spacial score (nSPS) is 9.32. The molecule has 4 nitrogen and oxygen atoms in total. The molecule has 3 N–H and O–H groups in total. The summed E-state index contributed by atoms with van der Waals surface area (Å²) in [5.74, 6) is -0.0611. The first kappa shape index (κ1) is 26.6. The van der Waals surface area contributed by atoms with Crippen molar-refractivity contribution in [3.63, 3.8) is 0 Å². The molecule has 0 radical (unpaired) electrons. The number of hydrogen-bond donors (Lipinski definition) is 2.